The number of aromatic nitrogens is 3. The van der Waals surface area contributed by atoms with E-state index < -0.39 is 17.5 Å². The maximum Gasteiger partial charge on any atom is 0.435 e. The number of alkyl halides is 3. The van der Waals surface area contributed by atoms with Crippen LogP contribution < -0.4 is 5.63 Å². The summed E-state index contributed by atoms with van der Waals surface area (Å²) in [5.74, 6) is -0.329. The van der Waals surface area contributed by atoms with Crippen LogP contribution in [0.1, 0.15) is 19.0 Å². The number of allylic oxidation sites excluding steroid dienone is 1. The number of benzene rings is 1. The molecule has 4 rings (SSSR count). The molecule has 1 aromatic carbocycles. The smallest absolute Gasteiger partial charge is 0.401 e. The van der Waals surface area contributed by atoms with Gasteiger partial charge in [0.2, 0.25) is 5.89 Å². The molecule has 0 amide bonds. The lowest BCUT2D eigenvalue weighted by Gasteiger charge is -2.16. The number of rotatable bonds is 1. The van der Waals surface area contributed by atoms with Gasteiger partial charge in [0, 0.05) is 15.0 Å². The Kier molecular flexibility index (Phi) is 5.39. The molecule has 3 aromatic rings. The van der Waals surface area contributed by atoms with Crippen molar-refractivity contribution in [1.82, 2.24) is 14.8 Å². The molecule has 0 aliphatic carbocycles. The fourth-order valence-corrected chi connectivity index (χ4v) is 4.42. The number of hydrogen-bond acceptors (Lipinski definition) is 5. The van der Waals surface area contributed by atoms with Crippen molar-refractivity contribution >= 4 is 60.2 Å². The van der Waals surface area contributed by atoms with Crippen LogP contribution in [0, 0.1) is 0 Å². The summed E-state index contributed by atoms with van der Waals surface area (Å²) in [6.07, 6.45) is -2.55. The highest BCUT2D eigenvalue weighted by Crippen LogP contribution is 2.33. The second-order valence-electron chi connectivity index (χ2n) is 6.50. The summed E-state index contributed by atoms with van der Waals surface area (Å²) in [5, 5.41) is 3.92. The standard InChI is InChI=1S/C18H10Br2ClF3N4O2/c1-7-2-3-11(21)15(25-7)28-12(6-13(27-28)18(22,23)24)16-26-14-9(17(29)30-16)4-8(19)5-10(14)20/h3-7H,2H2,1H3. The first kappa shape index (κ1) is 21.3. The van der Waals surface area contributed by atoms with E-state index in [0.29, 0.717) is 15.4 Å². The van der Waals surface area contributed by atoms with E-state index in [1.54, 1.807) is 19.1 Å². The SMILES string of the molecule is CC1CC=C(Cl)C(n2nc(C(F)(F)F)cc2-c2nc3c(Br)cc(Br)cc3c(=O)o2)=N1. The molecule has 1 unspecified atom stereocenters. The second kappa shape index (κ2) is 7.61. The van der Waals surface area contributed by atoms with Crippen LogP contribution in [0.2, 0.25) is 0 Å². The molecule has 0 saturated heterocycles. The molecule has 156 valence electrons. The monoisotopic (exact) mass is 564 g/mol. The second-order valence-corrected chi connectivity index (χ2v) is 8.68. The van der Waals surface area contributed by atoms with Crippen LogP contribution in [-0.2, 0) is 6.18 Å². The Labute approximate surface area is 188 Å². The Hall–Kier alpha value is -1.98. The highest BCUT2D eigenvalue weighted by atomic mass is 79.9. The Bertz CT molecular complexity index is 1300. The zero-order chi connectivity index (χ0) is 21.8. The van der Waals surface area contributed by atoms with E-state index in [1.807, 2.05) is 0 Å². The van der Waals surface area contributed by atoms with Gasteiger partial charge in [0.05, 0.1) is 22.0 Å². The van der Waals surface area contributed by atoms with E-state index in [1.165, 1.54) is 6.07 Å². The zero-order valence-corrected chi connectivity index (χ0v) is 18.9. The van der Waals surface area contributed by atoms with Crippen LogP contribution >= 0.6 is 43.5 Å². The predicted octanol–water partition coefficient (Wildman–Crippen LogP) is 5.76. The third-order valence-electron chi connectivity index (χ3n) is 4.26. The Morgan fingerprint density at radius 3 is 2.70 bits per heavy atom. The van der Waals surface area contributed by atoms with Gasteiger partial charge >= 0.3 is 11.8 Å². The fraction of sp³-hybridized carbons (Fsp3) is 0.222. The first-order chi connectivity index (χ1) is 14.0. The first-order valence-electron chi connectivity index (χ1n) is 8.46. The molecule has 0 N–H and O–H groups in total. The van der Waals surface area contributed by atoms with Gasteiger partial charge in [-0.05, 0) is 41.4 Å². The van der Waals surface area contributed by atoms with Crippen LogP contribution in [0.5, 0.6) is 0 Å². The average Bonchev–Trinajstić information content (AvgIpc) is 3.10. The van der Waals surface area contributed by atoms with Gasteiger partial charge < -0.3 is 4.42 Å². The van der Waals surface area contributed by atoms with Gasteiger partial charge in [-0.25, -0.2) is 14.5 Å². The highest BCUT2D eigenvalue weighted by Gasteiger charge is 2.37. The van der Waals surface area contributed by atoms with E-state index in [4.69, 9.17) is 16.0 Å². The lowest BCUT2D eigenvalue weighted by atomic mass is 10.2. The predicted molar refractivity (Wildman–Crippen MR) is 113 cm³/mol. The zero-order valence-electron chi connectivity index (χ0n) is 15.0. The summed E-state index contributed by atoms with van der Waals surface area (Å²) in [6, 6.07) is 3.70. The van der Waals surface area contributed by atoms with Crippen molar-refractivity contribution < 1.29 is 17.6 Å². The lowest BCUT2D eigenvalue weighted by Crippen LogP contribution is -2.22. The third-order valence-corrected chi connectivity index (χ3v) is 5.65. The summed E-state index contributed by atoms with van der Waals surface area (Å²) in [5.41, 5.74) is -1.93. The van der Waals surface area contributed by atoms with Gasteiger partial charge in [-0.15, -0.1) is 0 Å². The van der Waals surface area contributed by atoms with Crippen molar-refractivity contribution in [3.8, 4) is 11.6 Å². The third kappa shape index (κ3) is 3.85. The van der Waals surface area contributed by atoms with Crippen molar-refractivity contribution in [3.05, 3.63) is 54.4 Å². The molecule has 1 atom stereocenters. The van der Waals surface area contributed by atoms with Crippen LogP contribution in [0.3, 0.4) is 0 Å². The van der Waals surface area contributed by atoms with Gasteiger partial charge in [0.15, 0.2) is 11.5 Å². The average molecular weight is 567 g/mol. The topological polar surface area (TPSA) is 73.3 Å². The normalized spacial score (nSPS) is 17.2. The van der Waals surface area contributed by atoms with E-state index >= 15 is 0 Å². The molecule has 0 spiro atoms. The van der Waals surface area contributed by atoms with Crippen molar-refractivity contribution in [2.45, 2.75) is 25.6 Å². The van der Waals surface area contributed by atoms with E-state index in [2.05, 4.69) is 46.9 Å². The van der Waals surface area contributed by atoms with Crippen molar-refractivity contribution in [3.63, 3.8) is 0 Å². The van der Waals surface area contributed by atoms with Gasteiger partial charge in [-0.1, -0.05) is 33.6 Å². The Morgan fingerprint density at radius 1 is 1.27 bits per heavy atom. The van der Waals surface area contributed by atoms with Crippen molar-refractivity contribution in [2.24, 2.45) is 4.99 Å². The van der Waals surface area contributed by atoms with Gasteiger partial charge in [0.25, 0.3) is 0 Å². The number of dihydropyridines is 1. The minimum absolute atomic E-state index is 0.0142. The lowest BCUT2D eigenvalue weighted by molar-refractivity contribution is -0.141. The molecule has 1 aliphatic heterocycles. The minimum atomic E-state index is -4.74. The molecule has 0 saturated carbocycles. The molecule has 0 fully saturated rings. The largest absolute Gasteiger partial charge is 0.435 e. The van der Waals surface area contributed by atoms with Crippen LogP contribution in [0.25, 0.3) is 22.5 Å². The maximum absolute atomic E-state index is 13.4. The van der Waals surface area contributed by atoms with Crippen LogP contribution in [-0.4, -0.2) is 26.6 Å². The number of aliphatic imine (C=N–C) groups is 1. The molecule has 12 heteroatoms. The van der Waals surface area contributed by atoms with Crippen molar-refractivity contribution in [1.29, 1.82) is 0 Å². The highest BCUT2D eigenvalue weighted by molar-refractivity contribution is 9.11. The van der Waals surface area contributed by atoms with Gasteiger partial charge in [-0.2, -0.15) is 18.3 Å². The Morgan fingerprint density at radius 2 is 2.00 bits per heavy atom. The maximum atomic E-state index is 13.4. The number of nitrogens with zero attached hydrogens (tertiary/aromatic N) is 4. The number of halogens is 6. The van der Waals surface area contributed by atoms with Crippen LogP contribution in [0.15, 0.2) is 52.5 Å². The molecule has 2 aromatic heterocycles. The minimum Gasteiger partial charge on any atom is -0.401 e. The summed E-state index contributed by atoms with van der Waals surface area (Å²) in [4.78, 5) is 21.1. The van der Waals surface area contributed by atoms with E-state index in [9.17, 15) is 18.0 Å². The number of fused-ring (bicyclic) bond motifs is 1. The molecular formula is C18H10Br2ClF3N4O2. The molecule has 0 bridgehead atoms. The fourth-order valence-electron chi connectivity index (χ4n) is 2.89. The summed E-state index contributed by atoms with van der Waals surface area (Å²) < 4.78 is 47.4. The summed E-state index contributed by atoms with van der Waals surface area (Å²) >= 11 is 12.8. The van der Waals surface area contributed by atoms with E-state index in [-0.39, 0.29) is 39.4 Å². The Balaban J connectivity index is 2.00. The van der Waals surface area contributed by atoms with Gasteiger partial charge in [-0.3, -0.25) is 4.99 Å². The quantitative estimate of drug-likeness (QED) is 0.376. The summed E-state index contributed by atoms with van der Waals surface area (Å²) in [6.45, 7) is 1.79. The molecule has 3 heterocycles. The van der Waals surface area contributed by atoms with Gasteiger partial charge in [0.1, 0.15) is 5.69 Å². The molecular weight excluding hydrogens is 556 g/mol. The molecule has 1 aliphatic rings. The summed E-state index contributed by atoms with van der Waals surface area (Å²) in [7, 11) is 0. The van der Waals surface area contributed by atoms with E-state index in [0.717, 1.165) is 10.7 Å². The molecule has 30 heavy (non-hydrogen) atoms. The number of hydrogen-bond donors (Lipinski definition) is 0. The van der Waals surface area contributed by atoms with Crippen molar-refractivity contribution in [2.75, 3.05) is 0 Å². The molecule has 6 nitrogen and oxygen atoms in total. The van der Waals surface area contributed by atoms with Crippen LogP contribution in [0.4, 0.5) is 13.2 Å². The first-order valence-corrected chi connectivity index (χ1v) is 10.4. The molecule has 0 radical (unpaired) electrons.